The number of hydrogen-bond acceptors (Lipinski definition) is 2. The highest BCUT2D eigenvalue weighted by molar-refractivity contribution is 9.10. The molecular weight excluding hydrogens is 260 g/mol. The molecule has 1 unspecified atom stereocenters. The molecular formula is C11H15BrOS. The fourth-order valence-electron chi connectivity index (χ4n) is 1.01. The van der Waals surface area contributed by atoms with Gasteiger partial charge in [0.1, 0.15) is 5.75 Å². The lowest BCUT2D eigenvalue weighted by Crippen LogP contribution is -2.09. The van der Waals surface area contributed by atoms with E-state index >= 15 is 0 Å². The van der Waals surface area contributed by atoms with Crippen LogP contribution in [-0.4, -0.2) is 12.4 Å². The van der Waals surface area contributed by atoms with E-state index < -0.39 is 0 Å². The zero-order valence-electron chi connectivity index (χ0n) is 8.46. The molecule has 0 saturated carbocycles. The van der Waals surface area contributed by atoms with E-state index in [4.69, 9.17) is 4.74 Å². The first-order chi connectivity index (χ1) is 6.63. The molecule has 0 radical (unpaired) electrons. The van der Waals surface area contributed by atoms with Crippen molar-refractivity contribution in [1.29, 1.82) is 0 Å². The van der Waals surface area contributed by atoms with Crippen LogP contribution in [0.1, 0.15) is 12.5 Å². The van der Waals surface area contributed by atoms with Crippen LogP contribution in [0, 0.1) is 12.8 Å². The number of aryl methyl sites for hydroxylation is 1. The molecule has 0 amide bonds. The zero-order valence-corrected chi connectivity index (χ0v) is 10.9. The van der Waals surface area contributed by atoms with Crippen LogP contribution in [0.15, 0.2) is 22.7 Å². The number of thiol groups is 1. The third-order valence-electron chi connectivity index (χ3n) is 1.92. The number of halogens is 1. The molecule has 0 spiro atoms. The van der Waals surface area contributed by atoms with E-state index in [1.807, 2.05) is 12.1 Å². The van der Waals surface area contributed by atoms with E-state index in [9.17, 15) is 0 Å². The smallest absolute Gasteiger partial charge is 0.133 e. The van der Waals surface area contributed by atoms with Gasteiger partial charge in [-0.25, -0.2) is 0 Å². The van der Waals surface area contributed by atoms with Crippen molar-refractivity contribution in [2.45, 2.75) is 13.8 Å². The van der Waals surface area contributed by atoms with Gasteiger partial charge in [0.2, 0.25) is 0 Å². The third kappa shape index (κ3) is 3.54. The number of rotatable bonds is 4. The SMILES string of the molecule is Cc1ccc(OCC(C)CS)c(Br)c1. The highest BCUT2D eigenvalue weighted by Crippen LogP contribution is 2.26. The molecule has 1 aromatic carbocycles. The van der Waals surface area contributed by atoms with E-state index in [0.717, 1.165) is 16.0 Å². The van der Waals surface area contributed by atoms with E-state index in [1.165, 1.54) is 5.56 Å². The van der Waals surface area contributed by atoms with E-state index in [-0.39, 0.29) is 0 Å². The van der Waals surface area contributed by atoms with E-state index in [0.29, 0.717) is 12.5 Å². The Labute approximate surface area is 99.4 Å². The molecule has 3 heteroatoms. The Kier molecular flexibility index (Phi) is 4.82. The summed E-state index contributed by atoms with van der Waals surface area (Å²) >= 11 is 7.69. The highest BCUT2D eigenvalue weighted by Gasteiger charge is 2.03. The molecule has 0 N–H and O–H groups in total. The molecule has 1 atom stereocenters. The second kappa shape index (κ2) is 5.66. The lowest BCUT2D eigenvalue weighted by Gasteiger charge is -2.12. The summed E-state index contributed by atoms with van der Waals surface area (Å²) in [4.78, 5) is 0. The van der Waals surface area contributed by atoms with Gasteiger partial charge < -0.3 is 4.74 Å². The molecule has 1 aromatic rings. The second-order valence-corrected chi connectivity index (χ2v) is 4.75. The molecule has 1 nitrogen and oxygen atoms in total. The van der Waals surface area contributed by atoms with Gasteiger partial charge in [0.15, 0.2) is 0 Å². The third-order valence-corrected chi connectivity index (χ3v) is 3.17. The largest absolute Gasteiger partial charge is 0.492 e. The summed E-state index contributed by atoms with van der Waals surface area (Å²) in [5.74, 6) is 2.24. The monoisotopic (exact) mass is 274 g/mol. The van der Waals surface area contributed by atoms with Crippen molar-refractivity contribution in [3.63, 3.8) is 0 Å². The van der Waals surface area contributed by atoms with Crippen molar-refractivity contribution in [3.8, 4) is 5.75 Å². The minimum atomic E-state index is 0.478. The normalized spacial score (nSPS) is 12.6. The standard InChI is InChI=1S/C11H15BrOS/c1-8-3-4-11(10(12)5-8)13-6-9(2)7-14/h3-5,9,14H,6-7H2,1-2H3. The number of benzene rings is 1. The van der Waals surface area contributed by atoms with Gasteiger partial charge in [-0.2, -0.15) is 12.6 Å². The van der Waals surface area contributed by atoms with Crippen molar-refractivity contribution >= 4 is 28.6 Å². The van der Waals surface area contributed by atoms with Crippen molar-refractivity contribution in [1.82, 2.24) is 0 Å². The van der Waals surface area contributed by atoms with Gasteiger partial charge in [-0.3, -0.25) is 0 Å². The Balaban J connectivity index is 2.59. The number of ether oxygens (including phenoxy) is 1. The predicted octanol–water partition coefficient (Wildman–Crippen LogP) is 3.70. The molecule has 14 heavy (non-hydrogen) atoms. The van der Waals surface area contributed by atoms with Crippen LogP contribution in [0.5, 0.6) is 5.75 Å². The summed E-state index contributed by atoms with van der Waals surface area (Å²) in [5, 5.41) is 0. The van der Waals surface area contributed by atoms with Crippen molar-refractivity contribution < 1.29 is 4.74 Å². The summed E-state index contributed by atoms with van der Waals surface area (Å²) in [6.07, 6.45) is 0. The molecule has 0 fully saturated rings. The molecule has 0 aromatic heterocycles. The Morgan fingerprint density at radius 3 is 2.79 bits per heavy atom. The first-order valence-corrected chi connectivity index (χ1v) is 6.06. The lowest BCUT2D eigenvalue weighted by molar-refractivity contribution is 0.272. The summed E-state index contributed by atoms with van der Waals surface area (Å²) < 4.78 is 6.67. The Hall–Kier alpha value is -0.150. The van der Waals surface area contributed by atoms with Crippen LogP contribution < -0.4 is 4.74 Å². The van der Waals surface area contributed by atoms with Gasteiger partial charge in [-0.1, -0.05) is 13.0 Å². The first kappa shape index (κ1) is 11.9. The summed E-state index contributed by atoms with van der Waals surface area (Å²) in [5.41, 5.74) is 1.23. The fourth-order valence-corrected chi connectivity index (χ4v) is 1.72. The van der Waals surface area contributed by atoms with Gasteiger partial charge in [0.05, 0.1) is 11.1 Å². The topological polar surface area (TPSA) is 9.23 Å². The lowest BCUT2D eigenvalue weighted by atomic mass is 10.2. The van der Waals surface area contributed by atoms with Crippen LogP contribution in [0.2, 0.25) is 0 Å². The average Bonchev–Trinajstić information content (AvgIpc) is 2.16. The molecule has 1 rings (SSSR count). The average molecular weight is 275 g/mol. The second-order valence-electron chi connectivity index (χ2n) is 3.53. The van der Waals surface area contributed by atoms with Crippen molar-refractivity contribution in [2.75, 3.05) is 12.4 Å². The first-order valence-electron chi connectivity index (χ1n) is 4.63. The van der Waals surface area contributed by atoms with Crippen LogP contribution >= 0.6 is 28.6 Å². The van der Waals surface area contributed by atoms with Gasteiger partial charge >= 0.3 is 0 Å². The summed E-state index contributed by atoms with van der Waals surface area (Å²) in [6, 6.07) is 6.09. The quantitative estimate of drug-likeness (QED) is 0.824. The molecule has 0 saturated heterocycles. The van der Waals surface area contributed by atoms with Crippen LogP contribution in [-0.2, 0) is 0 Å². The van der Waals surface area contributed by atoms with Crippen LogP contribution in [0.3, 0.4) is 0 Å². The predicted molar refractivity (Wildman–Crippen MR) is 67.4 cm³/mol. The maximum atomic E-state index is 5.65. The van der Waals surface area contributed by atoms with E-state index in [2.05, 4.69) is 48.5 Å². The summed E-state index contributed by atoms with van der Waals surface area (Å²) in [7, 11) is 0. The van der Waals surface area contributed by atoms with Crippen molar-refractivity contribution in [2.24, 2.45) is 5.92 Å². The Morgan fingerprint density at radius 1 is 1.50 bits per heavy atom. The molecule has 0 aliphatic carbocycles. The van der Waals surface area contributed by atoms with Crippen LogP contribution in [0.25, 0.3) is 0 Å². The minimum absolute atomic E-state index is 0.478. The van der Waals surface area contributed by atoms with Gasteiger partial charge in [0, 0.05) is 0 Å². The Bertz CT molecular complexity index is 301. The van der Waals surface area contributed by atoms with Crippen LogP contribution in [0.4, 0.5) is 0 Å². The minimum Gasteiger partial charge on any atom is -0.492 e. The van der Waals surface area contributed by atoms with Crippen molar-refractivity contribution in [3.05, 3.63) is 28.2 Å². The molecule has 0 bridgehead atoms. The van der Waals surface area contributed by atoms with Gasteiger partial charge in [-0.15, -0.1) is 0 Å². The number of hydrogen-bond donors (Lipinski definition) is 1. The van der Waals surface area contributed by atoms with E-state index in [1.54, 1.807) is 0 Å². The summed E-state index contributed by atoms with van der Waals surface area (Å²) in [6.45, 7) is 4.89. The zero-order chi connectivity index (χ0) is 10.6. The Morgan fingerprint density at radius 2 is 2.21 bits per heavy atom. The molecule has 0 aliphatic rings. The van der Waals surface area contributed by atoms with Gasteiger partial charge in [0.25, 0.3) is 0 Å². The molecule has 0 aliphatic heterocycles. The highest BCUT2D eigenvalue weighted by atomic mass is 79.9. The molecule has 0 heterocycles. The maximum absolute atomic E-state index is 5.65. The fraction of sp³-hybridized carbons (Fsp3) is 0.455. The van der Waals surface area contributed by atoms with Gasteiger partial charge in [-0.05, 0) is 52.2 Å². The maximum Gasteiger partial charge on any atom is 0.133 e. The molecule has 78 valence electrons.